The number of nitrogens with zero attached hydrogens (tertiary/aromatic N) is 6. The minimum absolute atomic E-state index is 0.123. The number of rotatable bonds is 6. The summed E-state index contributed by atoms with van der Waals surface area (Å²) in [5.41, 5.74) is 5.91. The molecule has 5 rings (SSSR count). The van der Waals surface area contributed by atoms with Gasteiger partial charge in [-0.25, -0.2) is 10.1 Å². The van der Waals surface area contributed by atoms with Crippen LogP contribution in [0.1, 0.15) is 17.0 Å². The quantitative estimate of drug-likeness (QED) is 0.219. The van der Waals surface area contributed by atoms with Gasteiger partial charge in [0.25, 0.3) is 5.95 Å². The number of phenolic OH excluding ortho intramolecular Hbond substituents is 1. The van der Waals surface area contributed by atoms with Gasteiger partial charge in [-0.1, -0.05) is 41.9 Å². The van der Waals surface area contributed by atoms with E-state index in [1.165, 1.54) is 6.21 Å². The van der Waals surface area contributed by atoms with Crippen molar-refractivity contribution in [2.75, 3.05) is 10.7 Å². The summed E-state index contributed by atoms with van der Waals surface area (Å²) in [6.07, 6.45) is 1.54. The molecule has 2 heterocycles. The van der Waals surface area contributed by atoms with E-state index in [1.807, 2.05) is 62.4 Å². The number of hydrogen-bond donors (Lipinski definition) is 3. The molecule has 174 valence electrons. The van der Waals surface area contributed by atoms with Crippen LogP contribution in [0.3, 0.4) is 0 Å². The molecule has 0 spiro atoms. The summed E-state index contributed by atoms with van der Waals surface area (Å²) in [4.78, 5) is 13.4. The van der Waals surface area contributed by atoms with Crippen molar-refractivity contribution in [3.05, 3.63) is 88.7 Å². The molecule has 0 saturated heterocycles. The van der Waals surface area contributed by atoms with E-state index in [1.54, 1.807) is 22.9 Å². The Labute approximate surface area is 206 Å². The zero-order valence-electron chi connectivity index (χ0n) is 18.9. The van der Waals surface area contributed by atoms with Gasteiger partial charge in [0.05, 0.1) is 11.9 Å². The Morgan fingerprint density at radius 2 is 1.71 bits per heavy atom. The van der Waals surface area contributed by atoms with Gasteiger partial charge in [-0.3, -0.25) is 0 Å². The molecular weight excluding hydrogens is 464 g/mol. The SMILES string of the molecule is Cc1cc(C)n(-c2nc(N/N=C/c3c(O)ccc4ccccc34)nc(Nc3ccc(Cl)cc3)n2)n1. The Morgan fingerprint density at radius 1 is 0.943 bits per heavy atom. The first kappa shape index (κ1) is 22.3. The monoisotopic (exact) mass is 484 g/mol. The van der Waals surface area contributed by atoms with Gasteiger partial charge < -0.3 is 10.4 Å². The number of hydrogen-bond acceptors (Lipinski definition) is 8. The van der Waals surface area contributed by atoms with Crippen molar-refractivity contribution in [3.8, 4) is 11.7 Å². The van der Waals surface area contributed by atoms with E-state index in [4.69, 9.17) is 11.6 Å². The minimum Gasteiger partial charge on any atom is -0.507 e. The first-order valence-corrected chi connectivity index (χ1v) is 11.2. The molecule has 35 heavy (non-hydrogen) atoms. The second kappa shape index (κ2) is 9.40. The number of aromatic nitrogens is 5. The van der Waals surface area contributed by atoms with Crippen LogP contribution in [-0.2, 0) is 0 Å². The first-order valence-electron chi connectivity index (χ1n) is 10.8. The number of fused-ring (bicyclic) bond motifs is 1. The molecule has 9 nitrogen and oxygen atoms in total. The van der Waals surface area contributed by atoms with E-state index in [0.717, 1.165) is 27.8 Å². The van der Waals surface area contributed by atoms with Crippen molar-refractivity contribution in [1.29, 1.82) is 0 Å². The molecule has 0 amide bonds. The lowest BCUT2D eigenvalue weighted by molar-refractivity contribution is 0.475. The van der Waals surface area contributed by atoms with E-state index in [0.29, 0.717) is 22.5 Å². The lowest BCUT2D eigenvalue weighted by Gasteiger charge is -2.10. The summed E-state index contributed by atoms with van der Waals surface area (Å²) in [6.45, 7) is 3.82. The number of hydrazone groups is 1. The van der Waals surface area contributed by atoms with Gasteiger partial charge in [0.2, 0.25) is 11.9 Å². The molecule has 0 unspecified atom stereocenters. The number of phenols is 1. The van der Waals surface area contributed by atoms with Crippen molar-refractivity contribution in [2.24, 2.45) is 5.10 Å². The Balaban J connectivity index is 1.49. The van der Waals surface area contributed by atoms with Gasteiger partial charge in [0.15, 0.2) is 0 Å². The highest BCUT2D eigenvalue weighted by molar-refractivity contribution is 6.30. The minimum atomic E-state index is 0.123. The van der Waals surface area contributed by atoms with Crippen LogP contribution < -0.4 is 10.7 Å². The second-order valence-electron chi connectivity index (χ2n) is 7.84. The summed E-state index contributed by atoms with van der Waals surface area (Å²) in [6, 6.07) is 20.4. The van der Waals surface area contributed by atoms with Crippen LogP contribution in [0, 0.1) is 13.8 Å². The van der Waals surface area contributed by atoms with E-state index < -0.39 is 0 Å². The summed E-state index contributed by atoms with van der Waals surface area (Å²) < 4.78 is 1.63. The van der Waals surface area contributed by atoms with Crippen LogP contribution in [0.15, 0.2) is 71.8 Å². The maximum absolute atomic E-state index is 10.4. The number of nitrogens with one attached hydrogen (secondary N) is 2. The van der Waals surface area contributed by atoms with Crippen LogP contribution >= 0.6 is 11.6 Å². The molecule has 2 aromatic heterocycles. The highest BCUT2D eigenvalue weighted by atomic mass is 35.5. The van der Waals surface area contributed by atoms with Gasteiger partial charge in [-0.2, -0.15) is 25.2 Å². The van der Waals surface area contributed by atoms with Crippen LogP contribution in [0.5, 0.6) is 5.75 Å². The molecule has 0 fully saturated rings. The summed E-state index contributed by atoms with van der Waals surface area (Å²) in [5, 5.41) is 24.8. The standard InChI is InChI=1S/C25H21ClN8O/c1-15-13-16(2)34(33-15)25-30-23(28-19-10-8-18(26)9-11-19)29-24(31-25)32-27-14-21-20-6-4-3-5-17(20)7-12-22(21)35/h3-14,35H,1-2H3,(H2,28,29,30,31,32)/b27-14+. The largest absolute Gasteiger partial charge is 0.507 e. The number of aromatic hydroxyl groups is 1. The van der Waals surface area contributed by atoms with Crippen molar-refractivity contribution >= 4 is 46.2 Å². The molecule has 0 bridgehead atoms. The van der Waals surface area contributed by atoms with E-state index in [2.05, 4.69) is 35.9 Å². The van der Waals surface area contributed by atoms with Crippen LogP contribution in [0.4, 0.5) is 17.6 Å². The molecule has 0 aliphatic carbocycles. The molecule has 3 aromatic carbocycles. The molecule has 5 aromatic rings. The second-order valence-corrected chi connectivity index (χ2v) is 8.28. The Kier molecular flexibility index (Phi) is 5.99. The van der Waals surface area contributed by atoms with Gasteiger partial charge in [0, 0.05) is 22.0 Å². The Morgan fingerprint density at radius 3 is 2.49 bits per heavy atom. The number of halogens is 1. The summed E-state index contributed by atoms with van der Waals surface area (Å²) in [7, 11) is 0. The van der Waals surface area contributed by atoms with E-state index in [-0.39, 0.29) is 11.7 Å². The smallest absolute Gasteiger partial charge is 0.257 e. The molecule has 3 N–H and O–H groups in total. The predicted octanol–water partition coefficient (Wildman–Crippen LogP) is 5.38. The molecule has 0 aliphatic rings. The van der Waals surface area contributed by atoms with Crippen molar-refractivity contribution in [3.63, 3.8) is 0 Å². The maximum atomic E-state index is 10.4. The number of anilines is 3. The molecule has 10 heteroatoms. The Bertz CT molecular complexity index is 1550. The lowest BCUT2D eigenvalue weighted by atomic mass is 10.0. The van der Waals surface area contributed by atoms with Crippen molar-refractivity contribution < 1.29 is 5.11 Å². The fourth-order valence-electron chi connectivity index (χ4n) is 3.63. The van der Waals surface area contributed by atoms with Gasteiger partial charge >= 0.3 is 0 Å². The maximum Gasteiger partial charge on any atom is 0.257 e. The predicted molar refractivity (Wildman–Crippen MR) is 138 cm³/mol. The average molecular weight is 485 g/mol. The summed E-state index contributed by atoms with van der Waals surface area (Å²) in [5.74, 6) is 0.955. The Hall–Kier alpha value is -4.50. The normalized spacial score (nSPS) is 11.3. The third-order valence-electron chi connectivity index (χ3n) is 5.23. The van der Waals surface area contributed by atoms with Crippen LogP contribution in [0.2, 0.25) is 5.02 Å². The molecule has 0 aliphatic heterocycles. The highest BCUT2D eigenvalue weighted by Gasteiger charge is 2.12. The topological polar surface area (TPSA) is 113 Å². The molecule has 0 radical (unpaired) electrons. The zero-order valence-corrected chi connectivity index (χ0v) is 19.7. The molecule has 0 saturated carbocycles. The van der Waals surface area contributed by atoms with Crippen molar-refractivity contribution in [2.45, 2.75) is 13.8 Å². The third kappa shape index (κ3) is 4.90. The number of aryl methyl sites for hydroxylation is 2. The van der Waals surface area contributed by atoms with E-state index >= 15 is 0 Å². The van der Waals surface area contributed by atoms with Crippen LogP contribution in [-0.4, -0.2) is 36.1 Å². The van der Waals surface area contributed by atoms with Gasteiger partial charge in [-0.05, 0) is 61.0 Å². The number of benzene rings is 3. The van der Waals surface area contributed by atoms with E-state index in [9.17, 15) is 5.11 Å². The lowest BCUT2D eigenvalue weighted by Crippen LogP contribution is -2.11. The average Bonchev–Trinajstić information content (AvgIpc) is 3.19. The third-order valence-corrected chi connectivity index (χ3v) is 5.48. The highest BCUT2D eigenvalue weighted by Crippen LogP contribution is 2.25. The summed E-state index contributed by atoms with van der Waals surface area (Å²) >= 11 is 6.00. The van der Waals surface area contributed by atoms with Crippen LogP contribution in [0.25, 0.3) is 16.7 Å². The van der Waals surface area contributed by atoms with Gasteiger partial charge in [-0.15, -0.1) is 0 Å². The zero-order chi connectivity index (χ0) is 24.4. The van der Waals surface area contributed by atoms with Crippen molar-refractivity contribution in [1.82, 2.24) is 24.7 Å². The first-order chi connectivity index (χ1) is 17.0. The fraction of sp³-hybridized carbons (Fsp3) is 0.0800. The molecule has 0 atom stereocenters. The fourth-order valence-corrected chi connectivity index (χ4v) is 3.76. The van der Waals surface area contributed by atoms with Gasteiger partial charge in [0.1, 0.15) is 5.75 Å². The molecular formula is C25H21ClN8O.